The Morgan fingerprint density at radius 1 is 1.53 bits per heavy atom. The summed E-state index contributed by atoms with van der Waals surface area (Å²) in [5.74, 6) is 2.07. The molecule has 0 aromatic heterocycles. The lowest BCUT2D eigenvalue weighted by Crippen LogP contribution is -2.42. The Morgan fingerprint density at radius 3 is 2.94 bits per heavy atom. The van der Waals surface area contributed by atoms with Crippen LogP contribution in [0, 0.1) is 6.92 Å². The molecule has 0 amide bonds. The fourth-order valence-corrected chi connectivity index (χ4v) is 3.34. The monoisotopic (exact) mass is 252 g/mol. The van der Waals surface area contributed by atoms with Gasteiger partial charge in [-0.15, -0.1) is 11.8 Å². The third-order valence-corrected chi connectivity index (χ3v) is 4.44. The van der Waals surface area contributed by atoms with Crippen LogP contribution in [0.2, 0.25) is 0 Å². The van der Waals surface area contributed by atoms with Crippen LogP contribution in [0.25, 0.3) is 0 Å². The molecule has 1 heterocycles. The van der Waals surface area contributed by atoms with E-state index < -0.39 is 0 Å². The van der Waals surface area contributed by atoms with Crippen molar-refractivity contribution < 1.29 is 4.74 Å². The SMILES string of the molecule is COc1ccc(C)c2c1N(C(C)CN)CCS2. The highest BCUT2D eigenvalue weighted by Gasteiger charge is 2.25. The molecule has 1 aromatic carbocycles. The number of fused-ring (bicyclic) bond motifs is 1. The van der Waals surface area contributed by atoms with E-state index in [4.69, 9.17) is 10.5 Å². The molecule has 4 heteroatoms. The van der Waals surface area contributed by atoms with Gasteiger partial charge in [0.1, 0.15) is 5.75 Å². The van der Waals surface area contributed by atoms with Crippen LogP contribution < -0.4 is 15.4 Å². The van der Waals surface area contributed by atoms with E-state index in [1.54, 1.807) is 7.11 Å². The Bertz CT molecular complexity index is 409. The Kier molecular flexibility index (Phi) is 3.84. The minimum Gasteiger partial charge on any atom is -0.495 e. The topological polar surface area (TPSA) is 38.5 Å². The summed E-state index contributed by atoms with van der Waals surface area (Å²) in [5.41, 5.74) is 8.34. The summed E-state index contributed by atoms with van der Waals surface area (Å²) in [5, 5.41) is 0. The van der Waals surface area contributed by atoms with E-state index in [1.165, 1.54) is 16.1 Å². The molecule has 1 atom stereocenters. The first-order valence-corrected chi connectivity index (χ1v) is 6.94. The van der Waals surface area contributed by atoms with Crippen LogP contribution in [0.3, 0.4) is 0 Å². The molecule has 0 spiro atoms. The van der Waals surface area contributed by atoms with Gasteiger partial charge in [0.15, 0.2) is 0 Å². The molecule has 3 nitrogen and oxygen atoms in total. The molecule has 1 unspecified atom stereocenters. The van der Waals surface area contributed by atoms with Gasteiger partial charge in [-0.05, 0) is 25.5 Å². The molecule has 0 radical (unpaired) electrons. The molecule has 2 N–H and O–H groups in total. The average Bonchev–Trinajstić information content (AvgIpc) is 2.38. The van der Waals surface area contributed by atoms with Gasteiger partial charge in [0.2, 0.25) is 0 Å². The van der Waals surface area contributed by atoms with E-state index in [0.29, 0.717) is 12.6 Å². The van der Waals surface area contributed by atoms with E-state index in [-0.39, 0.29) is 0 Å². The third kappa shape index (κ3) is 2.24. The van der Waals surface area contributed by atoms with Crippen molar-refractivity contribution >= 4 is 17.4 Å². The number of hydrogen-bond acceptors (Lipinski definition) is 4. The maximum absolute atomic E-state index is 5.80. The van der Waals surface area contributed by atoms with Gasteiger partial charge in [-0.1, -0.05) is 6.07 Å². The first-order valence-electron chi connectivity index (χ1n) is 5.96. The average molecular weight is 252 g/mol. The van der Waals surface area contributed by atoms with Crippen LogP contribution in [-0.4, -0.2) is 32.0 Å². The molecular weight excluding hydrogens is 232 g/mol. The van der Waals surface area contributed by atoms with Crippen LogP contribution in [0.1, 0.15) is 12.5 Å². The first kappa shape index (κ1) is 12.6. The van der Waals surface area contributed by atoms with Crippen LogP contribution in [0.4, 0.5) is 5.69 Å². The normalized spacial score (nSPS) is 16.6. The van der Waals surface area contributed by atoms with Crippen LogP contribution in [0.15, 0.2) is 17.0 Å². The van der Waals surface area contributed by atoms with E-state index >= 15 is 0 Å². The van der Waals surface area contributed by atoms with Crippen molar-refractivity contribution in [2.75, 3.05) is 30.9 Å². The van der Waals surface area contributed by atoms with Crippen molar-refractivity contribution in [3.05, 3.63) is 17.7 Å². The highest BCUT2D eigenvalue weighted by atomic mass is 32.2. The van der Waals surface area contributed by atoms with Crippen molar-refractivity contribution in [2.45, 2.75) is 24.8 Å². The zero-order valence-corrected chi connectivity index (χ0v) is 11.5. The summed E-state index contributed by atoms with van der Waals surface area (Å²) in [6.07, 6.45) is 0. The first-order chi connectivity index (χ1) is 8.19. The van der Waals surface area contributed by atoms with E-state index in [2.05, 4.69) is 30.9 Å². The number of anilines is 1. The number of rotatable bonds is 3. The van der Waals surface area contributed by atoms with Crippen molar-refractivity contribution in [3.63, 3.8) is 0 Å². The second-order valence-electron chi connectivity index (χ2n) is 4.39. The van der Waals surface area contributed by atoms with Gasteiger partial charge in [0, 0.05) is 29.8 Å². The fraction of sp³-hybridized carbons (Fsp3) is 0.538. The smallest absolute Gasteiger partial charge is 0.143 e. The number of thioether (sulfide) groups is 1. The molecule has 1 aliphatic rings. The van der Waals surface area contributed by atoms with Gasteiger partial charge in [-0.3, -0.25) is 0 Å². The van der Waals surface area contributed by atoms with E-state index in [9.17, 15) is 0 Å². The van der Waals surface area contributed by atoms with Crippen molar-refractivity contribution in [3.8, 4) is 5.75 Å². The van der Waals surface area contributed by atoms with Gasteiger partial charge in [-0.25, -0.2) is 0 Å². The van der Waals surface area contributed by atoms with Crippen molar-refractivity contribution in [1.29, 1.82) is 0 Å². The minimum atomic E-state index is 0.352. The number of nitrogens with two attached hydrogens (primary N) is 1. The lowest BCUT2D eigenvalue weighted by atomic mass is 10.1. The maximum Gasteiger partial charge on any atom is 0.143 e. The second kappa shape index (κ2) is 5.19. The van der Waals surface area contributed by atoms with Gasteiger partial charge in [0.05, 0.1) is 12.8 Å². The van der Waals surface area contributed by atoms with Crippen LogP contribution in [-0.2, 0) is 0 Å². The number of hydrogen-bond donors (Lipinski definition) is 1. The summed E-state index contributed by atoms with van der Waals surface area (Å²) in [6, 6.07) is 4.53. The van der Waals surface area contributed by atoms with Gasteiger partial charge in [-0.2, -0.15) is 0 Å². The highest BCUT2D eigenvalue weighted by molar-refractivity contribution is 7.99. The lowest BCUT2D eigenvalue weighted by Gasteiger charge is -2.37. The predicted octanol–water partition coefficient (Wildman–Crippen LogP) is 2.26. The van der Waals surface area contributed by atoms with Gasteiger partial charge in [0.25, 0.3) is 0 Å². The van der Waals surface area contributed by atoms with Crippen molar-refractivity contribution in [2.24, 2.45) is 5.73 Å². The second-order valence-corrected chi connectivity index (χ2v) is 5.49. The number of nitrogens with zero attached hydrogens (tertiary/aromatic N) is 1. The Balaban J connectivity index is 2.51. The number of ether oxygens (including phenoxy) is 1. The predicted molar refractivity (Wildman–Crippen MR) is 74.3 cm³/mol. The molecule has 0 saturated carbocycles. The maximum atomic E-state index is 5.80. The van der Waals surface area contributed by atoms with Gasteiger partial charge >= 0.3 is 0 Å². The third-order valence-electron chi connectivity index (χ3n) is 3.25. The molecule has 0 aliphatic carbocycles. The highest BCUT2D eigenvalue weighted by Crippen LogP contribution is 2.44. The van der Waals surface area contributed by atoms with E-state index in [0.717, 1.165) is 18.0 Å². The van der Waals surface area contributed by atoms with Crippen LogP contribution >= 0.6 is 11.8 Å². The van der Waals surface area contributed by atoms with Crippen molar-refractivity contribution in [1.82, 2.24) is 0 Å². The Morgan fingerprint density at radius 2 is 2.29 bits per heavy atom. The summed E-state index contributed by atoms with van der Waals surface area (Å²) in [7, 11) is 1.73. The quantitative estimate of drug-likeness (QED) is 0.895. The zero-order valence-electron chi connectivity index (χ0n) is 10.7. The molecule has 1 aliphatic heterocycles. The van der Waals surface area contributed by atoms with Gasteiger partial charge < -0.3 is 15.4 Å². The summed E-state index contributed by atoms with van der Waals surface area (Å²) < 4.78 is 5.50. The largest absolute Gasteiger partial charge is 0.495 e. The minimum absolute atomic E-state index is 0.352. The lowest BCUT2D eigenvalue weighted by molar-refractivity contribution is 0.411. The molecule has 2 rings (SSSR count). The number of aryl methyl sites for hydroxylation is 1. The molecule has 0 fully saturated rings. The summed E-state index contributed by atoms with van der Waals surface area (Å²) >= 11 is 1.91. The number of methoxy groups -OCH3 is 1. The molecule has 1 aromatic rings. The fourth-order valence-electron chi connectivity index (χ4n) is 2.20. The Labute approximate surface area is 107 Å². The molecule has 0 bridgehead atoms. The molecule has 0 saturated heterocycles. The standard InChI is InChI=1S/C13H20N2OS/c1-9-4-5-11(16-3)12-13(9)17-7-6-15(12)10(2)8-14/h4-5,10H,6-8,14H2,1-3H3. The Hall–Kier alpha value is -0.870. The molecular formula is C13H20N2OS. The summed E-state index contributed by atoms with van der Waals surface area (Å²) in [6.45, 7) is 6.03. The summed E-state index contributed by atoms with van der Waals surface area (Å²) in [4.78, 5) is 3.72. The number of benzene rings is 1. The van der Waals surface area contributed by atoms with Crippen LogP contribution in [0.5, 0.6) is 5.75 Å². The molecule has 94 valence electrons. The zero-order chi connectivity index (χ0) is 12.4. The van der Waals surface area contributed by atoms with E-state index in [1.807, 2.05) is 11.8 Å². The molecule has 17 heavy (non-hydrogen) atoms.